The van der Waals surface area contributed by atoms with Crippen LogP contribution in [0.1, 0.15) is 10.4 Å². The van der Waals surface area contributed by atoms with Gasteiger partial charge in [0.25, 0.3) is 5.91 Å². The predicted octanol–water partition coefficient (Wildman–Crippen LogP) is 0.358. The van der Waals surface area contributed by atoms with Gasteiger partial charge in [0.1, 0.15) is 6.04 Å². The molecule has 1 aliphatic heterocycles. The maximum Gasteiger partial charge on any atom is 0.255 e. The second-order valence-corrected chi connectivity index (χ2v) is 4.99. The van der Waals surface area contributed by atoms with E-state index in [1.54, 1.807) is 18.2 Å². The van der Waals surface area contributed by atoms with Crippen LogP contribution in [0, 0.1) is 0 Å². The highest BCUT2D eigenvalue weighted by atomic mass is 79.9. The van der Waals surface area contributed by atoms with Crippen LogP contribution in [0.3, 0.4) is 0 Å². The van der Waals surface area contributed by atoms with Gasteiger partial charge in [-0.05, 0) is 28.1 Å². The van der Waals surface area contributed by atoms with Gasteiger partial charge in [0, 0.05) is 12.2 Å². The average Bonchev–Trinajstić information content (AvgIpc) is 2.41. The Morgan fingerprint density at radius 3 is 2.84 bits per heavy atom. The van der Waals surface area contributed by atoms with Crippen LogP contribution in [0.5, 0.6) is 0 Å². The lowest BCUT2D eigenvalue weighted by Crippen LogP contribution is -2.54. The minimum absolute atomic E-state index is 0.126. The molecule has 4 N–H and O–H groups in total. The molecule has 0 spiro atoms. The number of hydrogen-bond donors (Lipinski definition) is 2. The SMILES string of the molecule is NC(=O)C1COCCN1C(=O)c1cccc(N)c1Br. The second-order valence-electron chi connectivity index (χ2n) is 4.20. The molecule has 1 atom stereocenters. The summed E-state index contributed by atoms with van der Waals surface area (Å²) in [7, 11) is 0. The minimum Gasteiger partial charge on any atom is -0.398 e. The zero-order valence-electron chi connectivity index (χ0n) is 10.1. The van der Waals surface area contributed by atoms with Gasteiger partial charge in [-0.1, -0.05) is 6.07 Å². The number of carbonyl (C=O) groups excluding carboxylic acids is 2. The first-order valence-corrected chi connectivity index (χ1v) is 6.53. The minimum atomic E-state index is -0.741. The van der Waals surface area contributed by atoms with E-state index in [2.05, 4.69) is 15.9 Å². The summed E-state index contributed by atoms with van der Waals surface area (Å²) < 4.78 is 5.71. The molecule has 1 unspecified atom stereocenters. The monoisotopic (exact) mass is 327 g/mol. The Morgan fingerprint density at radius 1 is 1.42 bits per heavy atom. The van der Waals surface area contributed by atoms with Gasteiger partial charge >= 0.3 is 0 Å². The lowest BCUT2D eigenvalue weighted by molar-refractivity contribution is -0.127. The summed E-state index contributed by atoms with van der Waals surface area (Å²) >= 11 is 3.28. The largest absolute Gasteiger partial charge is 0.398 e. The van der Waals surface area contributed by atoms with Crippen molar-refractivity contribution in [2.24, 2.45) is 5.73 Å². The number of anilines is 1. The fraction of sp³-hybridized carbons (Fsp3) is 0.333. The molecule has 1 aromatic carbocycles. The van der Waals surface area contributed by atoms with Crippen molar-refractivity contribution in [1.29, 1.82) is 0 Å². The van der Waals surface area contributed by atoms with Gasteiger partial charge in [-0.2, -0.15) is 0 Å². The van der Waals surface area contributed by atoms with E-state index in [-0.39, 0.29) is 12.5 Å². The van der Waals surface area contributed by atoms with Crippen LogP contribution in [0.2, 0.25) is 0 Å². The second kappa shape index (κ2) is 5.58. The summed E-state index contributed by atoms with van der Waals surface area (Å²) in [6.45, 7) is 0.837. The van der Waals surface area contributed by atoms with Crippen molar-refractivity contribution in [2.45, 2.75) is 6.04 Å². The van der Waals surface area contributed by atoms with Gasteiger partial charge in [0.2, 0.25) is 5.91 Å². The fourth-order valence-electron chi connectivity index (χ4n) is 1.95. The Balaban J connectivity index is 2.31. The molecule has 7 heteroatoms. The van der Waals surface area contributed by atoms with Crippen molar-refractivity contribution in [2.75, 3.05) is 25.5 Å². The number of morpholine rings is 1. The van der Waals surface area contributed by atoms with Crippen molar-refractivity contribution >= 4 is 33.4 Å². The summed E-state index contributed by atoms with van der Waals surface area (Å²) in [4.78, 5) is 25.3. The standard InChI is InChI=1S/C12H14BrN3O3/c13-10-7(2-1-3-8(10)14)12(18)16-4-5-19-6-9(16)11(15)17/h1-3,9H,4-6,14H2,(H2,15,17). The van der Waals surface area contributed by atoms with Gasteiger partial charge in [0.15, 0.2) is 0 Å². The Morgan fingerprint density at radius 2 is 2.16 bits per heavy atom. The molecule has 2 rings (SSSR count). The maximum atomic E-state index is 12.5. The Labute approximate surface area is 118 Å². The highest BCUT2D eigenvalue weighted by Gasteiger charge is 2.32. The summed E-state index contributed by atoms with van der Waals surface area (Å²) in [5.74, 6) is -0.862. The topological polar surface area (TPSA) is 98.7 Å². The van der Waals surface area contributed by atoms with E-state index < -0.39 is 11.9 Å². The summed E-state index contributed by atoms with van der Waals surface area (Å²) in [6.07, 6.45) is 0. The molecule has 1 aliphatic rings. The molecular formula is C12H14BrN3O3. The molecule has 0 saturated carbocycles. The lowest BCUT2D eigenvalue weighted by Gasteiger charge is -2.33. The van der Waals surface area contributed by atoms with Crippen LogP contribution in [0.25, 0.3) is 0 Å². The van der Waals surface area contributed by atoms with E-state index in [1.165, 1.54) is 4.90 Å². The van der Waals surface area contributed by atoms with E-state index in [4.69, 9.17) is 16.2 Å². The van der Waals surface area contributed by atoms with Gasteiger partial charge in [-0.3, -0.25) is 9.59 Å². The number of benzene rings is 1. The quantitative estimate of drug-likeness (QED) is 0.766. The van der Waals surface area contributed by atoms with E-state index in [0.717, 1.165) is 0 Å². The lowest BCUT2D eigenvalue weighted by atomic mass is 10.1. The Bertz CT molecular complexity index is 521. The number of rotatable bonds is 2. The van der Waals surface area contributed by atoms with Crippen LogP contribution in [0.4, 0.5) is 5.69 Å². The van der Waals surface area contributed by atoms with Crippen LogP contribution in [0.15, 0.2) is 22.7 Å². The molecule has 1 fully saturated rings. The number of nitrogens with zero attached hydrogens (tertiary/aromatic N) is 1. The van der Waals surface area contributed by atoms with Crippen molar-refractivity contribution in [1.82, 2.24) is 4.90 Å². The normalized spacial score (nSPS) is 19.2. The fourth-order valence-corrected chi connectivity index (χ4v) is 2.39. The number of hydrogen-bond acceptors (Lipinski definition) is 4. The zero-order valence-corrected chi connectivity index (χ0v) is 11.7. The third-order valence-corrected chi connectivity index (χ3v) is 3.86. The third kappa shape index (κ3) is 2.71. The summed E-state index contributed by atoms with van der Waals surface area (Å²) in [5, 5.41) is 0. The number of halogens is 1. The molecule has 0 aliphatic carbocycles. The van der Waals surface area contributed by atoms with Crippen LogP contribution < -0.4 is 11.5 Å². The van der Waals surface area contributed by atoms with Crippen molar-refractivity contribution in [3.05, 3.63) is 28.2 Å². The van der Waals surface area contributed by atoms with Gasteiger partial charge < -0.3 is 21.1 Å². The molecule has 2 amide bonds. The van der Waals surface area contributed by atoms with Crippen molar-refractivity contribution in [3.8, 4) is 0 Å². The third-order valence-electron chi connectivity index (χ3n) is 2.98. The molecule has 19 heavy (non-hydrogen) atoms. The summed E-state index contributed by atoms with van der Waals surface area (Å²) in [5.41, 5.74) is 11.9. The van der Waals surface area contributed by atoms with Crippen molar-refractivity contribution < 1.29 is 14.3 Å². The predicted molar refractivity (Wildman–Crippen MR) is 73.4 cm³/mol. The number of nitrogen functional groups attached to an aromatic ring is 1. The van der Waals surface area contributed by atoms with Crippen LogP contribution in [-0.2, 0) is 9.53 Å². The van der Waals surface area contributed by atoms with E-state index in [0.29, 0.717) is 28.9 Å². The highest BCUT2D eigenvalue weighted by Crippen LogP contribution is 2.26. The molecular weight excluding hydrogens is 314 g/mol. The molecule has 102 valence electrons. The van der Waals surface area contributed by atoms with Gasteiger partial charge in [-0.25, -0.2) is 0 Å². The van der Waals surface area contributed by atoms with Gasteiger partial charge in [0.05, 0.1) is 23.2 Å². The molecule has 1 saturated heterocycles. The first kappa shape index (κ1) is 13.8. The number of ether oxygens (including phenoxy) is 1. The van der Waals surface area contributed by atoms with Crippen LogP contribution in [-0.4, -0.2) is 42.5 Å². The molecule has 0 radical (unpaired) electrons. The van der Waals surface area contributed by atoms with Gasteiger partial charge in [-0.15, -0.1) is 0 Å². The molecule has 0 bridgehead atoms. The van der Waals surface area contributed by atoms with Crippen LogP contribution >= 0.6 is 15.9 Å². The van der Waals surface area contributed by atoms with E-state index >= 15 is 0 Å². The van der Waals surface area contributed by atoms with E-state index in [1.807, 2.05) is 0 Å². The zero-order chi connectivity index (χ0) is 14.0. The Kier molecular flexibility index (Phi) is 4.06. The number of primary amides is 1. The maximum absolute atomic E-state index is 12.5. The summed E-state index contributed by atoms with van der Waals surface area (Å²) in [6, 6.07) is 4.28. The molecule has 1 aromatic rings. The Hall–Kier alpha value is -1.60. The highest BCUT2D eigenvalue weighted by molar-refractivity contribution is 9.10. The molecule has 6 nitrogen and oxygen atoms in total. The molecule has 1 heterocycles. The average molecular weight is 328 g/mol. The number of nitrogens with two attached hydrogens (primary N) is 2. The first-order chi connectivity index (χ1) is 9.02. The smallest absolute Gasteiger partial charge is 0.255 e. The van der Waals surface area contributed by atoms with Crippen molar-refractivity contribution in [3.63, 3.8) is 0 Å². The molecule has 0 aromatic heterocycles. The van der Waals surface area contributed by atoms with E-state index in [9.17, 15) is 9.59 Å². The first-order valence-electron chi connectivity index (χ1n) is 5.74. The number of carbonyl (C=O) groups is 2. The number of amides is 2.